The third kappa shape index (κ3) is 3.38. The van der Waals surface area contributed by atoms with Gasteiger partial charge in [0.15, 0.2) is 11.5 Å². The van der Waals surface area contributed by atoms with Crippen LogP contribution in [0.4, 0.5) is 17.3 Å². The van der Waals surface area contributed by atoms with Crippen LogP contribution < -0.4 is 20.5 Å². The Balaban J connectivity index is 1.88. The molecule has 0 radical (unpaired) electrons. The Hall–Kier alpha value is -3.28. The molecule has 2 aromatic carbocycles. The van der Waals surface area contributed by atoms with Crippen LogP contribution in [0.15, 0.2) is 54.7 Å². The third-order valence-corrected chi connectivity index (χ3v) is 3.50. The van der Waals surface area contributed by atoms with Crippen molar-refractivity contribution in [2.75, 3.05) is 25.3 Å². The van der Waals surface area contributed by atoms with E-state index in [4.69, 9.17) is 15.2 Å². The van der Waals surface area contributed by atoms with E-state index in [1.54, 1.807) is 20.4 Å². The summed E-state index contributed by atoms with van der Waals surface area (Å²) in [4.78, 5) is 8.79. The molecule has 0 amide bonds. The number of hydrogen-bond acceptors (Lipinski definition) is 6. The number of aromatic nitrogens is 2. The molecule has 3 N–H and O–H groups in total. The van der Waals surface area contributed by atoms with E-state index in [0.717, 1.165) is 16.9 Å². The summed E-state index contributed by atoms with van der Waals surface area (Å²) in [5.41, 5.74) is 8.96. The molecule has 24 heavy (non-hydrogen) atoms. The molecule has 1 heterocycles. The van der Waals surface area contributed by atoms with Crippen LogP contribution in [0.3, 0.4) is 0 Å². The van der Waals surface area contributed by atoms with Gasteiger partial charge >= 0.3 is 0 Å². The summed E-state index contributed by atoms with van der Waals surface area (Å²) >= 11 is 0. The van der Waals surface area contributed by atoms with Gasteiger partial charge in [-0.25, -0.2) is 9.97 Å². The number of anilines is 3. The average Bonchev–Trinajstić information content (AvgIpc) is 2.63. The lowest BCUT2D eigenvalue weighted by Crippen LogP contribution is -1.98. The van der Waals surface area contributed by atoms with Crippen LogP contribution in [0, 0.1) is 0 Å². The largest absolute Gasteiger partial charge is 0.493 e. The van der Waals surface area contributed by atoms with Gasteiger partial charge in [0.05, 0.1) is 19.9 Å². The summed E-state index contributed by atoms with van der Waals surface area (Å²) in [6, 6.07) is 14.9. The topological polar surface area (TPSA) is 82.3 Å². The fraction of sp³-hybridized carbons (Fsp3) is 0.111. The van der Waals surface area contributed by atoms with Crippen molar-refractivity contribution in [2.24, 2.45) is 0 Å². The molecule has 0 saturated heterocycles. The van der Waals surface area contributed by atoms with Gasteiger partial charge in [0.2, 0.25) is 5.95 Å². The van der Waals surface area contributed by atoms with E-state index in [0.29, 0.717) is 23.1 Å². The van der Waals surface area contributed by atoms with E-state index in [9.17, 15) is 0 Å². The zero-order valence-corrected chi connectivity index (χ0v) is 13.5. The lowest BCUT2D eigenvalue weighted by molar-refractivity contribution is 0.355. The van der Waals surface area contributed by atoms with Crippen LogP contribution in [-0.2, 0) is 0 Å². The van der Waals surface area contributed by atoms with Crippen LogP contribution in [0.25, 0.3) is 11.3 Å². The number of nitrogens with two attached hydrogens (primary N) is 1. The number of nitrogens with zero attached hydrogens (tertiary/aromatic N) is 2. The molecule has 3 aromatic rings. The number of nitrogens with one attached hydrogen (secondary N) is 1. The molecule has 0 fully saturated rings. The summed E-state index contributed by atoms with van der Waals surface area (Å²) in [7, 11) is 3.21. The number of nitrogen functional groups attached to an aromatic ring is 1. The molecule has 0 aliphatic carbocycles. The molecule has 0 unspecified atom stereocenters. The Morgan fingerprint density at radius 2 is 1.67 bits per heavy atom. The zero-order valence-electron chi connectivity index (χ0n) is 13.5. The summed E-state index contributed by atoms with van der Waals surface area (Å²) in [6.07, 6.45) is 1.71. The first kappa shape index (κ1) is 15.6. The summed E-state index contributed by atoms with van der Waals surface area (Å²) in [5, 5.41) is 3.16. The molecule has 0 saturated carbocycles. The molecule has 0 aliphatic heterocycles. The Kier molecular flexibility index (Phi) is 4.47. The van der Waals surface area contributed by atoms with E-state index in [1.807, 2.05) is 48.5 Å². The summed E-state index contributed by atoms with van der Waals surface area (Å²) < 4.78 is 10.6. The minimum atomic E-state index is 0.507. The van der Waals surface area contributed by atoms with Crippen molar-refractivity contribution in [3.05, 3.63) is 54.7 Å². The van der Waals surface area contributed by atoms with Crippen molar-refractivity contribution < 1.29 is 9.47 Å². The van der Waals surface area contributed by atoms with Gasteiger partial charge in [-0.05, 0) is 48.5 Å². The van der Waals surface area contributed by atoms with E-state index in [-0.39, 0.29) is 0 Å². The molecule has 0 aliphatic rings. The molecule has 1 aromatic heterocycles. The summed E-state index contributed by atoms with van der Waals surface area (Å²) in [6.45, 7) is 0. The molecule has 0 bridgehead atoms. The fourth-order valence-corrected chi connectivity index (χ4v) is 2.27. The highest BCUT2D eigenvalue weighted by Gasteiger charge is 2.08. The first-order chi connectivity index (χ1) is 11.7. The highest BCUT2D eigenvalue weighted by Crippen LogP contribution is 2.31. The second kappa shape index (κ2) is 6.87. The number of ether oxygens (including phenoxy) is 2. The fourth-order valence-electron chi connectivity index (χ4n) is 2.27. The Labute approximate surface area is 140 Å². The van der Waals surface area contributed by atoms with Gasteiger partial charge in [0, 0.05) is 23.1 Å². The van der Waals surface area contributed by atoms with Gasteiger partial charge in [-0.15, -0.1) is 0 Å². The van der Waals surface area contributed by atoms with Gasteiger partial charge in [-0.2, -0.15) is 0 Å². The molecule has 122 valence electrons. The van der Waals surface area contributed by atoms with Crippen LogP contribution in [0.1, 0.15) is 0 Å². The van der Waals surface area contributed by atoms with Gasteiger partial charge in [0.25, 0.3) is 0 Å². The second-order valence-electron chi connectivity index (χ2n) is 5.08. The summed E-state index contributed by atoms with van der Waals surface area (Å²) in [5.74, 6) is 1.84. The normalized spacial score (nSPS) is 10.2. The maximum Gasteiger partial charge on any atom is 0.227 e. The Morgan fingerprint density at radius 3 is 2.38 bits per heavy atom. The second-order valence-corrected chi connectivity index (χ2v) is 5.08. The van der Waals surface area contributed by atoms with Gasteiger partial charge in [-0.3, -0.25) is 0 Å². The maximum absolute atomic E-state index is 5.69. The number of hydrogen-bond donors (Lipinski definition) is 2. The number of benzene rings is 2. The highest BCUT2D eigenvalue weighted by atomic mass is 16.5. The van der Waals surface area contributed by atoms with Gasteiger partial charge in [0.1, 0.15) is 0 Å². The Bertz CT molecular complexity index is 835. The highest BCUT2D eigenvalue weighted by molar-refractivity contribution is 5.66. The molecule has 3 rings (SSSR count). The smallest absolute Gasteiger partial charge is 0.227 e. The van der Waals surface area contributed by atoms with Gasteiger partial charge in [-0.1, -0.05) is 0 Å². The lowest BCUT2D eigenvalue weighted by atomic mass is 10.1. The Morgan fingerprint density at radius 1 is 0.917 bits per heavy atom. The van der Waals surface area contributed by atoms with Crippen molar-refractivity contribution in [3.8, 4) is 22.8 Å². The van der Waals surface area contributed by atoms with Crippen LogP contribution >= 0.6 is 0 Å². The first-order valence-corrected chi connectivity index (χ1v) is 7.37. The zero-order chi connectivity index (χ0) is 16.9. The quantitative estimate of drug-likeness (QED) is 0.700. The van der Waals surface area contributed by atoms with Crippen LogP contribution in [0.2, 0.25) is 0 Å². The average molecular weight is 322 g/mol. The van der Waals surface area contributed by atoms with Crippen molar-refractivity contribution in [1.82, 2.24) is 9.97 Å². The molecular formula is C18H18N4O2. The monoisotopic (exact) mass is 322 g/mol. The van der Waals surface area contributed by atoms with E-state index in [2.05, 4.69) is 15.3 Å². The number of methoxy groups -OCH3 is 2. The molecule has 0 spiro atoms. The van der Waals surface area contributed by atoms with Crippen molar-refractivity contribution in [2.45, 2.75) is 0 Å². The lowest BCUT2D eigenvalue weighted by Gasteiger charge is -2.10. The standard InChI is InChI=1S/C18H18N4O2/c1-23-16-8-3-12(11-17(16)24-2)15-9-10-20-18(22-15)21-14-6-4-13(19)5-7-14/h3-11H,19H2,1-2H3,(H,20,21,22). The minimum absolute atomic E-state index is 0.507. The molecule has 6 nitrogen and oxygen atoms in total. The predicted octanol–water partition coefficient (Wildman–Crippen LogP) is 3.49. The van der Waals surface area contributed by atoms with Gasteiger partial charge < -0.3 is 20.5 Å². The SMILES string of the molecule is COc1ccc(-c2ccnc(Nc3ccc(N)cc3)n2)cc1OC. The molecule has 0 atom stereocenters. The maximum atomic E-state index is 5.69. The minimum Gasteiger partial charge on any atom is -0.493 e. The number of rotatable bonds is 5. The molecule has 6 heteroatoms. The first-order valence-electron chi connectivity index (χ1n) is 7.37. The van der Waals surface area contributed by atoms with E-state index in [1.165, 1.54) is 0 Å². The van der Waals surface area contributed by atoms with Crippen molar-refractivity contribution >= 4 is 17.3 Å². The van der Waals surface area contributed by atoms with E-state index < -0.39 is 0 Å². The molecular weight excluding hydrogens is 304 g/mol. The van der Waals surface area contributed by atoms with Crippen molar-refractivity contribution in [3.63, 3.8) is 0 Å². The van der Waals surface area contributed by atoms with Crippen LogP contribution in [0.5, 0.6) is 11.5 Å². The third-order valence-electron chi connectivity index (χ3n) is 3.50. The predicted molar refractivity (Wildman–Crippen MR) is 94.7 cm³/mol. The van der Waals surface area contributed by atoms with Crippen molar-refractivity contribution in [1.29, 1.82) is 0 Å². The van der Waals surface area contributed by atoms with Crippen LogP contribution in [-0.4, -0.2) is 24.2 Å². The van der Waals surface area contributed by atoms with E-state index >= 15 is 0 Å².